The number of nitrogens with zero attached hydrogens (tertiary/aromatic N) is 2. The van der Waals surface area contributed by atoms with Crippen molar-refractivity contribution in [2.75, 3.05) is 32.7 Å². The molecule has 1 atom stereocenters. The molecule has 4 nitrogen and oxygen atoms in total. The first-order chi connectivity index (χ1) is 14.7. The lowest BCUT2D eigenvalue weighted by atomic mass is 9.92. The predicted molar refractivity (Wildman–Crippen MR) is 122 cm³/mol. The molecule has 1 aliphatic heterocycles. The zero-order valence-electron chi connectivity index (χ0n) is 17.9. The summed E-state index contributed by atoms with van der Waals surface area (Å²) in [7, 11) is 0. The van der Waals surface area contributed by atoms with Crippen LogP contribution in [0, 0.1) is 0 Å². The first kappa shape index (κ1) is 20.7. The molecule has 1 aliphatic carbocycles. The monoisotopic (exact) mass is 404 g/mol. The molecule has 0 N–H and O–H groups in total. The van der Waals surface area contributed by atoms with Gasteiger partial charge in [0.2, 0.25) is 0 Å². The van der Waals surface area contributed by atoms with E-state index in [4.69, 9.17) is 4.74 Å². The van der Waals surface area contributed by atoms with E-state index < -0.39 is 6.10 Å². The molecule has 2 aromatic rings. The van der Waals surface area contributed by atoms with Gasteiger partial charge in [0.15, 0.2) is 6.10 Å². The maximum absolute atomic E-state index is 12.9. The van der Waals surface area contributed by atoms with E-state index in [0.717, 1.165) is 51.3 Å². The fourth-order valence-electron chi connectivity index (χ4n) is 4.35. The highest BCUT2D eigenvalue weighted by Gasteiger charge is 2.26. The number of aryl methyl sites for hydroxylation is 2. The lowest BCUT2D eigenvalue weighted by Crippen LogP contribution is -2.51. The van der Waals surface area contributed by atoms with Crippen molar-refractivity contribution < 1.29 is 9.53 Å². The van der Waals surface area contributed by atoms with Crippen molar-refractivity contribution in [1.82, 2.24) is 9.80 Å². The van der Waals surface area contributed by atoms with Gasteiger partial charge in [-0.2, -0.15) is 0 Å². The second kappa shape index (κ2) is 9.94. The van der Waals surface area contributed by atoms with E-state index in [-0.39, 0.29) is 5.91 Å². The fraction of sp³-hybridized carbons (Fsp3) is 0.423. The summed E-state index contributed by atoms with van der Waals surface area (Å²) in [5.74, 6) is 0.911. The summed E-state index contributed by atoms with van der Waals surface area (Å²) >= 11 is 0. The van der Waals surface area contributed by atoms with Crippen LogP contribution in [0.2, 0.25) is 0 Å². The Morgan fingerprint density at radius 2 is 1.73 bits per heavy atom. The Hall–Kier alpha value is -2.59. The Morgan fingerprint density at radius 1 is 1.00 bits per heavy atom. The quantitative estimate of drug-likeness (QED) is 0.724. The van der Waals surface area contributed by atoms with Crippen molar-refractivity contribution in [1.29, 1.82) is 0 Å². The van der Waals surface area contributed by atoms with E-state index in [1.807, 2.05) is 24.0 Å². The summed E-state index contributed by atoms with van der Waals surface area (Å²) in [6, 6.07) is 16.7. The highest BCUT2D eigenvalue weighted by atomic mass is 16.5. The van der Waals surface area contributed by atoms with Crippen LogP contribution in [-0.2, 0) is 17.6 Å². The second-order valence-electron chi connectivity index (χ2n) is 8.34. The van der Waals surface area contributed by atoms with Crippen molar-refractivity contribution in [3.05, 3.63) is 71.3 Å². The van der Waals surface area contributed by atoms with Crippen molar-refractivity contribution in [2.45, 2.75) is 38.7 Å². The van der Waals surface area contributed by atoms with Gasteiger partial charge in [-0.25, -0.2) is 0 Å². The molecule has 4 heteroatoms. The normalized spacial score (nSPS) is 18.2. The molecule has 0 radical (unpaired) electrons. The SMILES string of the molecule is C[C@H](Oc1ccc2c(c1)CCCC2)C(=O)N1CCN(C/C=C/c2ccccc2)CC1. The van der Waals surface area contributed by atoms with E-state index in [1.54, 1.807) is 0 Å². The molecule has 158 valence electrons. The first-order valence-corrected chi connectivity index (χ1v) is 11.2. The molecule has 2 aliphatic rings. The third kappa shape index (κ3) is 5.31. The van der Waals surface area contributed by atoms with Gasteiger partial charge in [-0.05, 0) is 61.4 Å². The average Bonchev–Trinajstić information content (AvgIpc) is 2.80. The topological polar surface area (TPSA) is 32.8 Å². The largest absolute Gasteiger partial charge is 0.481 e. The van der Waals surface area contributed by atoms with Crippen LogP contribution in [0.25, 0.3) is 6.08 Å². The highest BCUT2D eigenvalue weighted by molar-refractivity contribution is 5.81. The summed E-state index contributed by atoms with van der Waals surface area (Å²) in [4.78, 5) is 17.2. The summed E-state index contributed by atoms with van der Waals surface area (Å²) in [5.41, 5.74) is 4.04. The summed E-state index contributed by atoms with van der Waals surface area (Å²) in [6.07, 6.45) is 8.72. The maximum Gasteiger partial charge on any atom is 0.263 e. The zero-order valence-corrected chi connectivity index (χ0v) is 17.9. The third-order valence-electron chi connectivity index (χ3n) is 6.14. The minimum Gasteiger partial charge on any atom is -0.481 e. The standard InChI is InChI=1S/C26H32N2O2/c1-21(30-25-14-13-23-11-5-6-12-24(23)20-25)26(29)28-18-16-27(17-19-28)15-7-10-22-8-3-2-4-9-22/h2-4,7-10,13-14,20-21H,5-6,11-12,15-19H2,1H3/b10-7+/t21-/m0/s1. The smallest absolute Gasteiger partial charge is 0.263 e. The fourth-order valence-corrected chi connectivity index (χ4v) is 4.35. The van der Waals surface area contributed by atoms with Gasteiger partial charge in [0.1, 0.15) is 5.75 Å². The molecular formula is C26H32N2O2. The number of benzene rings is 2. The summed E-state index contributed by atoms with van der Waals surface area (Å²) < 4.78 is 6.02. The summed E-state index contributed by atoms with van der Waals surface area (Å²) in [5, 5.41) is 0. The first-order valence-electron chi connectivity index (χ1n) is 11.2. The van der Waals surface area contributed by atoms with E-state index in [2.05, 4.69) is 53.5 Å². The number of hydrogen-bond donors (Lipinski definition) is 0. The summed E-state index contributed by atoms with van der Waals surface area (Å²) in [6.45, 7) is 6.10. The lowest BCUT2D eigenvalue weighted by molar-refractivity contribution is -0.139. The third-order valence-corrected chi connectivity index (χ3v) is 6.14. The number of carbonyl (C=O) groups excluding carboxylic acids is 1. The van der Waals surface area contributed by atoms with Crippen LogP contribution in [0.15, 0.2) is 54.6 Å². The molecule has 0 unspecified atom stereocenters. The number of amides is 1. The van der Waals surface area contributed by atoms with E-state index in [1.165, 1.54) is 29.5 Å². The number of fused-ring (bicyclic) bond motifs is 1. The van der Waals surface area contributed by atoms with Crippen LogP contribution < -0.4 is 4.74 Å². The average molecular weight is 405 g/mol. The Labute approximate surface area is 180 Å². The van der Waals surface area contributed by atoms with Crippen LogP contribution in [-0.4, -0.2) is 54.5 Å². The van der Waals surface area contributed by atoms with Gasteiger partial charge in [-0.15, -0.1) is 0 Å². The van der Waals surface area contributed by atoms with E-state index >= 15 is 0 Å². The van der Waals surface area contributed by atoms with Crippen molar-refractivity contribution in [3.63, 3.8) is 0 Å². The van der Waals surface area contributed by atoms with Crippen LogP contribution in [0.5, 0.6) is 5.75 Å². The van der Waals surface area contributed by atoms with Crippen molar-refractivity contribution in [3.8, 4) is 5.75 Å². The minimum atomic E-state index is -0.448. The van der Waals surface area contributed by atoms with Gasteiger partial charge in [0.05, 0.1) is 0 Å². The molecule has 2 aromatic carbocycles. The number of rotatable bonds is 6. The number of ether oxygens (including phenoxy) is 1. The number of hydrogen-bond acceptors (Lipinski definition) is 3. The van der Waals surface area contributed by atoms with Crippen LogP contribution in [0.1, 0.15) is 36.5 Å². The highest BCUT2D eigenvalue weighted by Crippen LogP contribution is 2.26. The van der Waals surface area contributed by atoms with Crippen LogP contribution in [0.4, 0.5) is 0 Å². The molecule has 0 spiro atoms. The van der Waals surface area contributed by atoms with E-state index in [9.17, 15) is 4.79 Å². The molecule has 0 aromatic heterocycles. The van der Waals surface area contributed by atoms with Gasteiger partial charge in [0, 0.05) is 32.7 Å². The Balaban J connectivity index is 1.24. The molecule has 1 amide bonds. The van der Waals surface area contributed by atoms with Crippen LogP contribution >= 0.6 is 0 Å². The number of piperazine rings is 1. The Morgan fingerprint density at radius 3 is 2.50 bits per heavy atom. The van der Waals surface area contributed by atoms with Gasteiger partial charge < -0.3 is 9.64 Å². The van der Waals surface area contributed by atoms with Crippen molar-refractivity contribution >= 4 is 12.0 Å². The van der Waals surface area contributed by atoms with Gasteiger partial charge in [-0.3, -0.25) is 9.69 Å². The number of carbonyl (C=O) groups is 1. The van der Waals surface area contributed by atoms with Crippen LogP contribution in [0.3, 0.4) is 0 Å². The molecule has 0 bridgehead atoms. The van der Waals surface area contributed by atoms with Gasteiger partial charge in [0.25, 0.3) is 5.91 Å². The Kier molecular flexibility index (Phi) is 6.85. The second-order valence-corrected chi connectivity index (χ2v) is 8.34. The molecule has 1 saturated heterocycles. The van der Waals surface area contributed by atoms with E-state index in [0.29, 0.717) is 0 Å². The molecule has 0 saturated carbocycles. The zero-order chi connectivity index (χ0) is 20.8. The van der Waals surface area contributed by atoms with Gasteiger partial charge in [-0.1, -0.05) is 48.6 Å². The molecule has 1 fully saturated rings. The molecular weight excluding hydrogens is 372 g/mol. The van der Waals surface area contributed by atoms with Gasteiger partial charge >= 0.3 is 0 Å². The maximum atomic E-state index is 12.9. The molecule has 30 heavy (non-hydrogen) atoms. The molecule has 4 rings (SSSR count). The minimum absolute atomic E-state index is 0.0900. The Bertz CT molecular complexity index is 870. The van der Waals surface area contributed by atoms with Crippen molar-refractivity contribution in [2.24, 2.45) is 0 Å². The molecule has 1 heterocycles. The predicted octanol–water partition coefficient (Wildman–Crippen LogP) is 4.19. The lowest BCUT2D eigenvalue weighted by Gasteiger charge is -2.35.